The lowest BCUT2D eigenvalue weighted by atomic mass is 10.3. The molecule has 3 N–H and O–H groups in total. The zero-order valence-electron chi connectivity index (χ0n) is 10.8. The number of hydrogen-bond acceptors (Lipinski definition) is 4. The van der Waals surface area contributed by atoms with E-state index in [0.717, 1.165) is 23.0 Å². The zero-order valence-corrected chi connectivity index (χ0v) is 12.3. The summed E-state index contributed by atoms with van der Waals surface area (Å²) in [6.07, 6.45) is 0.221. The van der Waals surface area contributed by atoms with Crippen LogP contribution in [0.5, 0.6) is 5.75 Å². The van der Waals surface area contributed by atoms with Crippen molar-refractivity contribution in [3.63, 3.8) is 0 Å². The third-order valence-corrected chi connectivity index (χ3v) is 3.84. The molecule has 1 aromatic heterocycles. The summed E-state index contributed by atoms with van der Waals surface area (Å²) in [5, 5.41) is 5.98. The molecule has 106 valence electrons. The van der Waals surface area contributed by atoms with Crippen molar-refractivity contribution in [1.82, 2.24) is 0 Å². The molecule has 0 saturated carbocycles. The molecule has 0 bridgehead atoms. The molecule has 0 radical (unpaired) electrons. The van der Waals surface area contributed by atoms with E-state index in [1.165, 1.54) is 4.88 Å². The fourth-order valence-electron chi connectivity index (χ4n) is 1.57. The SMILES string of the molecule is NC(=O)CCOc1ccc(NCc2cc(Cl)cs2)cc1. The number of carbonyl (C=O) groups excluding carboxylic acids is 1. The second-order valence-electron chi connectivity index (χ2n) is 4.17. The quantitative estimate of drug-likeness (QED) is 0.825. The van der Waals surface area contributed by atoms with E-state index >= 15 is 0 Å². The van der Waals surface area contributed by atoms with Gasteiger partial charge in [-0.3, -0.25) is 4.79 Å². The van der Waals surface area contributed by atoms with Gasteiger partial charge in [0.2, 0.25) is 5.91 Å². The molecule has 1 aromatic carbocycles. The van der Waals surface area contributed by atoms with E-state index in [4.69, 9.17) is 22.1 Å². The van der Waals surface area contributed by atoms with Crippen LogP contribution < -0.4 is 15.8 Å². The van der Waals surface area contributed by atoms with Crippen LogP contribution >= 0.6 is 22.9 Å². The van der Waals surface area contributed by atoms with E-state index in [0.29, 0.717) is 6.61 Å². The van der Waals surface area contributed by atoms with Crippen LogP contribution in [0.25, 0.3) is 0 Å². The van der Waals surface area contributed by atoms with E-state index in [1.807, 2.05) is 35.7 Å². The van der Waals surface area contributed by atoms with E-state index in [2.05, 4.69) is 5.32 Å². The van der Waals surface area contributed by atoms with Gasteiger partial charge in [-0.05, 0) is 30.3 Å². The Labute approximate surface area is 126 Å². The van der Waals surface area contributed by atoms with Gasteiger partial charge >= 0.3 is 0 Å². The second-order valence-corrected chi connectivity index (χ2v) is 5.61. The standard InChI is InChI=1S/C14H15ClN2O2S/c15-10-7-13(20-9-10)8-17-11-1-3-12(4-2-11)19-6-5-14(16)18/h1-4,7,9,17H,5-6,8H2,(H2,16,18). The fraction of sp³-hybridized carbons (Fsp3) is 0.214. The number of ether oxygens (including phenoxy) is 1. The molecule has 0 aliphatic carbocycles. The summed E-state index contributed by atoms with van der Waals surface area (Å²) in [5.41, 5.74) is 6.04. The van der Waals surface area contributed by atoms with E-state index in [-0.39, 0.29) is 12.3 Å². The van der Waals surface area contributed by atoms with Crippen molar-refractivity contribution >= 4 is 34.5 Å². The number of rotatable bonds is 7. The van der Waals surface area contributed by atoms with Gasteiger partial charge in [0, 0.05) is 22.5 Å². The summed E-state index contributed by atoms with van der Waals surface area (Å²) in [7, 11) is 0. The smallest absolute Gasteiger partial charge is 0.220 e. The minimum absolute atomic E-state index is 0.221. The van der Waals surface area contributed by atoms with Crippen LogP contribution in [0.1, 0.15) is 11.3 Å². The maximum absolute atomic E-state index is 10.6. The lowest BCUT2D eigenvalue weighted by Crippen LogP contribution is -2.14. The van der Waals surface area contributed by atoms with Crippen LogP contribution in [-0.2, 0) is 11.3 Å². The first kappa shape index (κ1) is 14.7. The van der Waals surface area contributed by atoms with Gasteiger partial charge in [0.25, 0.3) is 0 Å². The van der Waals surface area contributed by atoms with Crippen LogP contribution in [0, 0.1) is 0 Å². The third kappa shape index (κ3) is 4.75. The van der Waals surface area contributed by atoms with Gasteiger partial charge in [-0.15, -0.1) is 11.3 Å². The summed E-state index contributed by atoms with van der Waals surface area (Å²) in [4.78, 5) is 11.8. The number of anilines is 1. The van der Waals surface area contributed by atoms with Crippen molar-refractivity contribution in [3.05, 3.63) is 45.6 Å². The molecule has 0 unspecified atom stereocenters. The molecular formula is C14H15ClN2O2S. The number of halogens is 1. The molecule has 2 aromatic rings. The number of carbonyl (C=O) groups is 1. The zero-order chi connectivity index (χ0) is 14.4. The van der Waals surface area contributed by atoms with Crippen LogP contribution in [0.3, 0.4) is 0 Å². The maximum atomic E-state index is 10.6. The first-order valence-corrected chi connectivity index (χ1v) is 7.37. The van der Waals surface area contributed by atoms with Gasteiger partial charge in [0.15, 0.2) is 0 Å². The Hall–Kier alpha value is -1.72. The first-order valence-electron chi connectivity index (χ1n) is 6.11. The largest absolute Gasteiger partial charge is 0.493 e. The molecule has 0 aliphatic heterocycles. The third-order valence-electron chi connectivity index (χ3n) is 2.56. The van der Waals surface area contributed by atoms with E-state index < -0.39 is 0 Å². The molecule has 0 atom stereocenters. The van der Waals surface area contributed by atoms with Crippen molar-refractivity contribution in [1.29, 1.82) is 0 Å². The Morgan fingerprint density at radius 3 is 2.70 bits per heavy atom. The molecule has 1 amide bonds. The topological polar surface area (TPSA) is 64.4 Å². The van der Waals surface area contributed by atoms with Crippen molar-refractivity contribution in [2.45, 2.75) is 13.0 Å². The van der Waals surface area contributed by atoms with Crippen molar-refractivity contribution in [2.24, 2.45) is 5.73 Å². The number of amides is 1. The molecule has 6 heteroatoms. The molecule has 2 rings (SSSR count). The summed E-state index contributed by atoms with van der Waals surface area (Å²) in [5.74, 6) is 0.355. The number of thiophene rings is 1. The first-order chi connectivity index (χ1) is 9.63. The Balaban J connectivity index is 1.80. The van der Waals surface area contributed by atoms with Gasteiger partial charge in [0.05, 0.1) is 18.1 Å². The second kappa shape index (κ2) is 7.17. The predicted octanol–water partition coefficient (Wildman–Crippen LogP) is 3.27. The highest BCUT2D eigenvalue weighted by Gasteiger charge is 2.00. The van der Waals surface area contributed by atoms with Crippen LogP contribution in [0.4, 0.5) is 5.69 Å². The molecule has 0 aliphatic rings. The monoisotopic (exact) mass is 310 g/mol. The Morgan fingerprint density at radius 2 is 2.10 bits per heavy atom. The van der Waals surface area contributed by atoms with Crippen molar-refractivity contribution in [2.75, 3.05) is 11.9 Å². The lowest BCUT2D eigenvalue weighted by Gasteiger charge is -2.07. The highest BCUT2D eigenvalue weighted by atomic mass is 35.5. The Kier molecular flexibility index (Phi) is 5.26. The molecule has 0 spiro atoms. The Morgan fingerprint density at radius 1 is 1.35 bits per heavy atom. The highest BCUT2D eigenvalue weighted by Crippen LogP contribution is 2.21. The number of nitrogens with one attached hydrogen (secondary N) is 1. The molecular weight excluding hydrogens is 296 g/mol. The highest BCUT2D eigenvalue weighted by molar-refractivity contribution is 7.10. The van der Waals surface area contributed by atoms with Crippen molar-refractivity contribution in [3.8, 4) is 5.75 Å². The summed E-state index contributed by atoms with van der Waals surface area (Å²) >= 11 is 7.49. The van der Waals surface area contributed by atoms with Gasteiger partial charge in [0.1, 0.15) is 5.75 Å². The summed E-state index contributed by atoms with van der Waals surface area (Å²) in [6.45, 7) is 1.04. The fourth-order valence-corrected chi connectivity index (χ4v) is 2.59. The average molecular weight is 311 g/mol. The van der Waals surface area contributed by atoms with E-state index in [9.17, 15) is 4.79 Å². The van der Waals surface area contributed by atoms with Gasteiger partial charge in [-0.2, -0.15) is 0 Å². The molecule has 4 nitrogen and oxygen atoms in total. The molecule has 0 fully saturated rings. The normalized spacial score (nSPS) is 10.2. The van der Waals surface area contributed by atoms with Crippen LogP contribution in [0.2, 0.25) is 5.02 Å². The van der Waals surface area contributed by atoms with Crippen LogP contribution in [-0.4, -0.2) is 12.5 Å². The predicted molar refractivity (Wildman–Crippen MR) is 82.4 cm³/mol. The van der Waals surface area contributed by atoms with Gasteiger partial charge in [-0.25, -0.2) is 0 Å². The Bertz CT molecular complexity index is 569. The summed E-state index contributed by atoms with van der Waals surface area (Å²) < 4.78 is 5.39. The lowest BCUT2D eigenvalue weighted by molar-refractivity contribution is -0.118. The molecule has 20 heavy (non-hydrogen) atoms. The number of primary amides is 1. The molecule has 0 saturated heterocycles. The maximum Gasteiger partial charge on any atom is 0.220 e. The summed E-state index contributed by atoms with van der Waals surface area (Å²) in [6, 6.07) is 9.50. The van der Waals surface area contributed by atoms with Crippen molar-refractivity contribution < 1.29 is 9.53 Å². The average Bonchev–Trinajstić information content (AvgIpc) is 2.83. The molecule has 1 heterocycles. The number of hydrogen-bond donors (Lipinski definition) is 2. The number of benzene rings is 1. The minimum Gasteiger partial charge on any atom is -0.493 e. The van der Waals surface area contributed by atoms with Gasteiger partial charge in [-0.1, -0.05) is 11.6 Å². The van der Waals surface area contributed by atoms with Gasteiger partial charge < -0.3 is 15.8 Å². The van der Waals surface area contributed by atoms with E-state index in [1.54, 1.807) is 11.3 Å². The van der Waals surface area contributed by atoms with Crippen LogP contribution in [0.15, 0.2) is 35.7 Å². The minimum atomic E-state index is -0.363. The number of nitrogens with two attached hydrogens (primary N) is 1.